The van der Waals surface area contributed by atoms with Gasteiger partial charge in [0.25, 0.3) is 0 Å². The number of hydrogen-bond donors (Lipinski definition) is 1. The predicted octanol–water partition coefficient (Wildman–Crippen LogP) is 3.26. The Hall–Kier alpha value is -1.66. The maximum absolute atomic E-state index is 12.5. The highest BCUT2D eigenvalue weighted by Gasteiger charge is 2.35. The molecule has 0 saturated heterocycles. The lowest BCUT2D eigenvalue weighted by Crippen LogP contribution is -2.39. The second kappa shape index (κ2) is 6.69. The van der Waals surface area contributed by atoms with Crippen LogP contribution in [0.4, 0.5) is 0 Å². The number of oxazole rings is 1. The minimum Gasteiger partial charge on any atom is -0.441 e. The van der Waals surface area contributed by atoms with E-state index in [1.165, 1.54) is 0 Å². The highest BCUT2D eigenvalue weighted by atomic mass is 32.2. The van der Waals surface area contributed by atoms with Crippen LogP contribution in [0.5, 0.6) is 0 Å². The van der Waals surface area contributed by atoms with Crippen LogP contribution in [-0.2, 0) is 15.6 Å². The van der Waals surface area contributed by atoms with Crippen molar-refractivity contribution in [2.45, 2.75) is 50.4 Å². The summed E-state index contributed by atoms with van der Waals surface area (Å²) in [6.45, 7) is 1.72. The zero-order valence-electron chi connectivity index (χ0n) is 13.9. The molecule has 0 spiro atoms. The van der Waals surface area contributed by atoms with Crippen LogP contribution in [0.15, 0.2) is 34.7 Å². The van der Waals surface area contributed by atoms with Crippen LogP contribution >= 0.6 is 0 Å². The van der Waals surface area contributed by atoms with Crippen LogP contribution in [0.2, 0.25) is 0 Å². The van der Waals surface area contributed by atoms with E-state index in [-0.39, 0.29) is 11.5 Å². The third-order valence-corrected chi connectivity index (χ3v) is 6.23. The van der Waals surface area contributed by atoms with Crippen LogP contribution in [0, 0.1) is 6.92 Å². The Labute approximate surface area is 142 Å². The topological polar surface area (TPSA) is 80.4 Å². The normalized spacial score (nSPS) is 17.8. The van der Waals surface area contributed by atoms with E-state index in [9.17, 15) is 13.5 Å². The van der Waals surface area contributed by atoms with Gasteiger partial charge in [-0.25, -0.2) is 13.4 Å². The molecule has 1 saturated carbocycles. The fourth-order valence-electron chi connectivity index (χ4n) is 3.29. The first-order valence-electron chi connectivity index (χ1n) is 8.31. The molecule has 0 atom stereocenters. The summed E-state index contributed by atoms with van der Waals surface area (Å²) in [5, 5.41) is 10.5. The van der Waals surface area contributed by atoms with Gasteiger partial charge in [-0.2, -0.15) is 0 Å². The number of rotatable bonds is 5. The van der Waals surface area contributed by atoms with E-state index in [2.05, 4.69) is 4.98 Å². The van der Waals surface area contributed by atoms with Gasteiger partial charge in [0.1, 0.15) is 5.76 Å². The summed E-state index contributed by atoms with van der Waals surface area (Å²) in [5.41, 5.74) is 0.153. The molecule has 1 N–H and O–H groups in total. The van der Waals surface area contributed by atoms with E-state index >= 15 is 0 Å². The van der Waals surface area contributed by atoms with Crippen LogP contribution in [0.25, 0.3) is 11.5 Å². The number of hydrogen-bond acceptors (Lipinski definition) is 5. The number of aryl methyl sites for hydroxylation is 1. The molecular formula is C18H23NO4S. The predicted molar refractivity (Wildman–Crippen MR) is 92.2 cm³/mol. The fourth-order valence-corrected chi connectivity index (χ4v) is 5.18. The summed E-state index contributed by atoms with van der Waals surface area (Å²) in [6, 6.07) is 9.39. The van der Waals surface area contributed by atoms with E-state index < -0.39 is 15.4 Å². The minimum absolute atomic E-state index is 0.197. The van der Waals surface area contributed by atoms with Crippen molar-refractivity contribution in [2.75, 3.05) is 5.75 Å². The summed E-state index contributed by atoms with van der Waals surface area (Å²) in [5.74, 6) is 0.535. The first kappa shape index (κ1) is 17.2. The molecule has 1 aliphatic rings. The van der Waals surface area contributed by atoms with E-state index in [1.807, 2.05) is 30.3 Å². The number of aliphatic hydroxyl groups is 1. The zero-order chi connectivity index (χ0) is 17.2. The van der Waals surface area contributed by atoms with E-state index in [4.69, 9.17) is 4.42 Å². The monoisotopic (exact) mass is 349 g/mol. The Morgan fingerprint density at radius 2 is 1.83 bits per heavy atom. The first-order valence-corrected chi connectivity index (χ1v) is 10.1. The highest BCUT2D eigenvalue weighted by molar-refractivity contribution is 7.90. The van der Waals surface area contributed by atoms with Crippen LogP contribution in [0.1, 0.15) is 43.6 Å². The van der Waals surface area contributed by atoms with Crippen molar-refractivity contribution in [2.24, 2.45) is 0 Å². The SMILES string of the molecule is Cc1oc(-c2ccccc2)nc1CS(=O)(=O)CC1(O)CCCCC1. The van der Waals surface area contributed by atoms with Crippen molar-refractivity contribution < 1.29 is 17.9 Å². The van der Waals surface area contributed by atoms with Crippen LogP contribution < -0.4 is 0 Å². The smallest absolute Gasteiger partial charge is 0.226 e. The van der Waals surface area contributed by atoms with Crippen molar-refractivity contribution in [1.82, 2.24) is 4.98 Å². The molecule has 130 valence electrons. The van der Waals surface area contributed by atoms with Crippen LogP contribution in [0.3, 0.4) is 0 Å². The Morgan fingerprint density at radius 3 is 2.50 bits per heavy atom. The van der Waals surface area contributed by atoms with E-state index in [0.717, 1.165) is 24.8 Å². The highest BCUT2D eigenvalue weighted by Crippen LogP contribution is 2.30. The summed E-state index contributed by atoms with van der Waals surface area (Å²) in [7, 11) is -3.46. The molecule has 1 heterocycles. The first-order chi connectivity index (χ1) is 11.4. The number of aromatic nitrogens is 1. The van der Waals surface area contributed by atoms with Gasteiger partial charge in [0, 0.05) is 5.56 Å². The van der Waals surface area contributed by atoms with Crippen LogP contribution in [-0.4, -0.2) is 29.9 Å². The maximum atomic E-state index is 12.5. The maximum Gasteiger partial charge on any atom is 0.226 e. The molecule has 2 aromatic rings. The second-order valence-electron chi connectivity index (χ2n) is 6.71. The third-order valence-electron chi connectivity index (χ3n) is 4.54. The molecule has 1 aromatic carbocycles. The summed E-state index contributed by atoms with van der Waals surface area (Å²) in [6.07, 6.45) is 3.93. The molecule has 1 aliphatic carbocycles. The fraction of sp³-hybridized carbons (Fsp3) is 0.500. The molecule has 0 bridgehead atoms. The molecule has 1 fully saturated rings. The molecule has 6 heteroatoms. The standard InChI is InChI=1S/C18H23NO4S/c1-14-16(19-17(23-14)15-8-4-2-5-9-15)12-24(21,22)13-18(20)10-6-3-7-11-18/h2,4-5,8-9,20H,3,6-7,10-13H2,1H3. The largest absolute Gasteiger partial charge is 0.441 e. The Kier molecular flexibility index (Phi) is 4.78. The van der Waals surface area contributed by atoms with Crippen molar-refractivity contribution in [1.29, 1.82) is 0 Å². The van der Waals surface area contributed by atoms with Gasteiger partial charge in [0.05, 0.1) is 22.8 Å². The third kappa shape index (κ3) is 4.05. The molecule has 24 heavy (non-hydrogen) atoms. The lowest BCUT2D eigenvalue weighted by molar-refractivity contribution is 0.0257. The van der Waals surface area contributed by atoms with Crippen molar-refractivity contribution in [3.8, 4) is 11.5 Å². The van der Waals surface area contributed by atoms with Gasteiger partial charge in [-0.15, -0.1) is 0 Å². The Balaban J connectivity index is 1.76. The quantitative estimate of drug-likeness (QED) is 0.896. The average Bonchev–Trinajstić information content (AvgIpc) is 2.88. The van der Waals surface area contributed by atoms with Crippen molar-refractivity contribution >= 4 is 9.84 Å². The molecule has 0 amide bonds. The zero-order valence-corrected chi connectivity index (χ0v) is 14.7. The summed E-state index contributed by atoms with van der Waals surface area (Å²) >= 11 is 0. The van der Waals surface area contributed by atoms with Gasteiger partial charge >= 0.3 is 0 Å². The molecular weight excluding hydrogens is 326 g/mol. The van der Waals surface area contributed by atoms with Gasteiger partial charge in [0.15, 0.2) is 9.84 Å². The number of sulfone groups is 1. The Morgan fingerprint density at radius 1 is 1.17 bits per heavy atom. The molecule has 1 aromatic heterocycles. The lowest BCUT2D eigenvalue weighted by atomic mass is 9.86. The van der Waals surface area contributed by atoms with Gasteiger partial charge < -0.3 is 9.52 Å². The van der Waals surface area contributed by atoms with E-state index in [0.29, 0.717) is 30.2 Å². The lowest BCUT2D eigenvalue weighted by Gasteiger charge is -2.31. The second-order valence-corrected chi connectivity index (χ2v) is 8.77. The molecule has 0 radical (unpaired) electrons. The molecule has 5 nitrogen and oxygen atoms in total. The van der Waals surface area contributed by atoms with Crippen molar-refractivity contribution in [3.05, 3.63) is 41.8 Å². The van der Waals surface area contributed by atoms with Gasteiger partial charge in [0.2, 0.25) is 5.89 Å². The van der Waals surface area contributed by atoms with Gasteiger partial charge in [-0.1, -0.05) is 37.5 Å². The number of benzene rings is 1. The molecule has 0 aliphatic heterocycles. The molecule has 0 unspecified atom stereocenters. The average molecular weight is 349 g/mol. The van der Waals surface area contributed by atoms with Gasteiger partial charge in [-0.3, -0.25) is 0 Å². The minimum atomic E-state index is -3.46. The van der Waals surface area contributed by atoms with Crippen molar-refractivity contribution in [3.63, 3.8) is 0 Å². The van der Waals surface area contributed by atoms with E-state index in [1.54, 1.807) is 6.92 Å². The molecule has 3 rings (SSSR count). The van der Waals surface area contributed by atoms with Gasteiger partial charge in [-0.05, 0) is 31.9 Å². The summed E-state index contributed by atoms with van der Waals surface area (Å²) < 4.78 is 30.7. The number of nitrogens with zero attached hydrogens (tertiary/aromatic N) is 1. The summed E-state index contributed by atoms with van der Waals surface area (Å²) in [4.78, 5) is 4.35. The Bertz CT molecular complexity index is 790.